The molecular formula is C20H22F3NO4S. The van der Waals surface area contributed by atoms with Gasteiger partial charge in [0.1, 0.15) is 12.4 Å². The van der Waals surface area contributed by atoms with Crippen molar-refractivity contribution in [2.75, 3.05) is 45.7 Å². The van der Waals surface area contributed by atoms with Crippen molar-refractivity contribution >= 4 is 9.84 Å². The normalized spacial score (nSPS) is 16.0. The van der Waals surface area contributed by atoms with Crippen LogP contribution in [0.25, 0.3) is 11.1 Å². The highest BCUT2D eigenvalue weighted by Gasteiger charge is 2.31. The quantitative estimate of drug-likeness (QED) is 0.704. The number of rotatable bonds is 6. The second-order valence-corrected chi connectivity index (χ2v) is 8.86. The van der Waals surface area contributed by atoms with Gasteiger partial charge in [-0.25, -0.2) is 8.42 Å². The van der Waals surface area contributed by atoms with E-state index in [2.05, 4.69) is 4.90 Å². The first kappa shape index (κ1) is 21.6. The number of alkyl halides is 3. The summed E-state index contributed by atoms with van der Waals surface area (Å²) in [6.07, 6.45) is -3.45. The van der Waals surface area contributed by atoms with Gasteiger partial charge in [-0.2, -0.15) is 13.2 Å². The average molecular weight is 429 g/mol. The molecule has 0 N–H and O–H groups in total. The molecule has 9 heteroatoms. The van der Waals surface area contributed by atoms with E-state index in [4.69, 9.17) is 9.47 Å². The minimum atomic E-state index is -4.52. The number of benzene rings is 2. The molecule has 1 saturated heterocycles. The lowest BCUT2D eigenvalue weighted by atomic mass is 10.0. The van der Waals surface area contributed by atoms with Crippen molar-refractivity contribution in [3.05, 3.63) is 48.0 Å². The fourth-order valence-corrected chi connectivity index (χ4v) is 3.66. The lowest BCUT2D eigenvalue weighted by molar-refractivity contribution is -0.137. The molecule has 29 heavy (non-hydrogen) atoms. The largest absolute Gasteiger partial charge is 0.492 e. The summed E-state index contributed by atoms with van der Waals surface area (Å²) in [5, 5.41) is 0. The van der Waals surface area contributed by atoms with E-state index < -0.39 is 21.6 Å². The Morgan fingerprint density at radius 2 is 1.69 bits per heavy atom. The molecule has 5 nitrogen and oxygen atoms in total. The molecule has 0 unspecified atom stereocenters. The molecule has 158 valence electrons. The molecule has 0 spiro atoms. The van der Waals surface area contributed by atoms with Gasteiger partial charge in [0.25, 0.3) is 0 Å². The smallest absolute Gasteiger partial charge is 0.416 e. The monoisotopic (exact) mass is 429 g/mol. The Hall–Kier alpha value is -2.10. The molecular weight excluding hydrogens is 407 g/mol. The van der Waals surface area contributed by atoms with E-state index in [-0.39, 0.29) is 17.3 Å². The topological polar surface area (TPSA) is 55.8 Å². The molecule has 0 aromatic heterocycles. The molecule has 0 atom stereocenters. The third-order valence-corrected chi connectivity index (χ3v) is 5.76. The second-order valence-electron chi connectivity index (χ2n) is 6.84. The van der Waals surface area contributed by atoms with Crippen molar-refractivity contribution in [3.63, 3.8) is 0 Å². The van der Waals surface area contributed by atoms with Crippen LogP contribution in [-0.4, -0.2) is 59.0 Å². The molecule has 0 saturated carbocycles. The number of nitrogens with zero attached hydrogens (tertiary/aromatic N) is 1. The molecule has 2 aromatic rings. The van der Waals surface area contributed by atoms with Gasteiger partial charge >= 0.3 is 6.18 Å². The maximum absolute atomic E-state index is 13.3. The van der Waals surface area contributed by atoms with Crippen LogP contribution in [0.2, 0.25) is 0 Å². The third kappa shape index (κ3) is 5.94. The van der Waals surface area contributed by atoms with Crippen LogP contribution in [0.1, 0.15) is 5.56 Å². The molecule has 0 radical (unpaired) electrons. The highest BCUT2D eigenvalue weighted by molar-refractivity contribution is 7.90. The van der Waals surface area contributed by atoms with Gasteiger partial charge in [0, 0.05) is 25.9 Å². The second kappa shape index (κ2) is 8.73. The van der Waals surface area contributed by atoms with Gasteiger partial charge in [-0.05, 0) is 41.5 Å². The van der Waals surface area contributed by atoms with Gasteiger partial charge in [0.05, 0.1) is 23.7 Å². The molecule has 0 amide bonds. The van der Waals surface area contributed by atoms with E-state index in [1.54, 1.807) is 0 Å². The summed E-state index contributed by atoms with van der Waals surface area (Å²) in [6.45, 7) is 3.66. The van der Waals surface area contributed by atoms with E-state index in [1.165, 1.54) is 30.3 Å². The average Bonchev–Trinajstić information content (AvgIpc) is 2.67. The predicted octanol–water partition coefficient (Wildman–Crippen LogP) is 3.49. The summed E-state index contributed by atoms with van der Waals surface area (Å²) in [5.41, 5.74) is -0.0358. The molecule has 1 heterocycles. The van der Waals surface area contributed by atoms with E-state index in [9.17, 15) is 21.6 Å². The minimum absolute atomic E-state index is 0.107. The summed E-state index contributed by atoms with van der Waals surface area (Å²) in [4.78, 5) is 2.23. The molecule has 3 rings (SSSR count). The Labute approximate surface area is 168 Å². The summed E-state index contributed by atoms with van der Waals surface area (Å²) in [5.74, 6) is 0.121. The van der Waals surface area contributed by atoms with Crippen LogP contribution < -0.4 is 4.74 Å². The highest BCUT2D eigenvalue weighted by Crippen LogP contribution is 2.36. The lowest BCUT2D eigenvalue weighted by Gasteiger charge is -2.26. The zero-order valence-electron chi connectivity index (χ0n) is 15.9. The standard InChI is InChI=1S/C20H22F3NO4S/c1-29(25,26)19-4-2-15(3-5-19)16-12-17(20(21,22)23)14-18(13-16)28-11-8-24-6-9-27-10-7-24/h2-5,12-14H,6-11H2,1H3. The molecule has 1 aliphatic heterocycles. The van der Waals surface area contributed by atoms with Crippen LogP contribution in [0, 0.1) is 0 Å². The Bertz CT molecular complexity index is 937. The Balaban J connectivity index is 1.81. The SMILES string of the molecule is CS(=O)(=O)c1ccc(-c2cc(OCCN3CCOCC3)cc(C(F)(F)F)c2)cc1. The van der Waals surface area contributed by atoms with Gasteiger partial charge in [-0.1, -0.05) is 12.1 Å². The van der Waals surface area contributed by atoms with Crippen molar-refractivity contribution in [1.82, 2.24) is 4.90 Å². The number of hydrogen-bond donors (Lipinski definition) is 0. The fourth-order valence-electron chi connectivity index (χ4n) is 3.02. The maximum Gasteiger partial charge on any atom is 0.416 e. The van der Waals surface area contributed by atoms with Crippen molar-refractivity contribution < 1.29 is 31.1 Å². The van der Waals surface area contributed by atoms with Crippen LogP contribution in [0.4, 0.5) is 13.2 Å². The first-order chi connectivity index (χ1) is 13.6. The Kier molecular flexibility index (Phi) is 6.50. The first-order valence-corrected chi connectivity index (χ1v) is 11.0. The number of ether oxygens (including phenoxy) is 2. The van der Waals surface area contributed by atoms with Gasteiger partial charge in [-0.15, -0.1) is 0 Å². The number of hydrogen-bond acceptors (Lipinski definition) is 5. The lowest BCUT2D eigenvalue weighted by Crippen LogP contribution is -2.38. The highest BCUT2D eigenvalue weighted by atomic mass is 32.2. The van der Waals surface area contributed by atoms with Gasteiger partial charge in [0.2, 0.25) is 0 Å². The molecule has 1 aliphatic rings. The summed E-state index contributed by atoms with van der Waals surface area (Å²) >= 11 is 0. The maximum atomic E-state index is 13.3. The van der Waals surface area contributed by atoms with Gasteiger partial charge in [0.15, 0.2) is 9.84 Å². The predicted molar refractivity (Wildman–Crippen MR) is 103 cm³/mol. The molecule has 2 aromatic carbocycles. The minimum Gasteiger partial charge on any atom is -0.492 e. The zero-order valence-corrected chi connectivity index (χ0v) is 16.7. The van der Waals surface area contributed by atoms with Crippen molar-refractivity contribution in [2.45, 2.75) is 11.1 Å². The summed E-state index contributed by atoms with van der Waals surface area (Å²) in [6, 6.07) is 9.28. The van der Waals surface area contributed by atoms with Crippen molar-refractivity contribution in [2.24, 2.45) is 0 Å². The van der Waals surface area contributed by atoms with Crippen LogP contribution >= 0.6 is 0 Å². The molecule has 0 bridgehead atoms. The summed E-state index contributed by atoms with van der Waals surface area (Å²) in [7, 11) is -3.38. The van der Waals surface area contributed by atoms with E-state index in [0.29, 0.717) is 30.9 Å². The zero-order chi connectivity index (χ0) is 21.1. The van der Waals surface area contributed by atoms with Crippen molar-refractivity contribution in [3.8, 4) is 16.9 Å². The molecule has 0 aliphatic carbocycles. The van der Waals surface area contributed by atoms with Crippen LogP contribution in [0.5, 0.6) is 5.75 Å². The van der Waals surface area contributed by atoms with Gasteiger partial charge < -0.3 is 9.47 Å². The Morgan fingerprint density at radius 3 is 2.28 bits per heavy atom. The van der Waals surface area contributed by atoms with Crippen molar-refractivity contribution in [1.29, 1.82) is 0 Å². The first-order valence-electron chi connectivity index (χ1n) is 9.08. The van der Waals surface area contributed by atoms with E-state index >= 15 is 0 Å². The Morgan fingerprint density at radius 1 is 1.03 bits per heavy atom. The van der Waals surface area contributed by atoms with Crippen LogP contribution in [0.3, 0.4) is 0 Å². The van der Waals surface area contributed by atoms with Crippen LogP contribution in [-0.2, 0) is 20.8 Å². The number of halogens is 3. The van der Waals surface area contributed by atoms with E-state index in [1.807, 2.05) is 0 Å². The third-order valence-electron chi connectivity index (χ3n) is 4.63. The number of morpholine rings is 1. The van der Waals surface area contributed by atoms with Gasteiger partial charge in [-0.3, -0.25) is 4.90 Å². The summed E-state index contributed by atoms with van der Waals surface area (Å²) < 4.78 is 74.1. The fraction of sp³-hybridized carbons (Fsp3) is 0.400. The van der Waals surface area contributed by atoms with E-state index in [0.717, 1.165) is 31.5 Å². The van der Waals surface area contributed by atoms with Crippen LogP contribution in [0.15, 0.2) is 47.4 Å². The number of sulfone groups is 1. The molecule has 1 fully saturated rings.